The Balaban J connectivity index is 0.000000196. The number of hydrogen-bond donors (Lipinski definition) is 4. The van der Waals surface area contributed by atoms with Gasteiger partial charge < -0.3 is 21.3 Å². The zero-order valence-electron chi connectivity index (χ0n) is 36.8. The highest BCUT2D eigenvalue weighted by Crippen LogP contribution is 2.24. The monoisotopic (exact) mass is 870 g/mol. The van der Waals surface area contributed by atoms with Crippen LogP contribution in [-0.2, 0) is 36.5 Å². The van der Waals surface area contributed by atoms with E-state index in [0.717, 1.165) is 68.7 Å². The maximum atomic E-state index is 13.2. The van der Waals surface area contributed by atoms with E-state index in [2.05, 4.69) is 43.6 Å². The molecule has 2 amide bonds. The second-order valence-corrected chi connectivity index (χ2v) is 15.7. The molecule has 0 saturated heterocycles. The molecule has 6 aromatic carbocycles. The molecule has 0 aliphatic heterocycles. The third-order valence-electron chi connectivity index (χ3n) is 10.9. The predicted octanol–water partition coefficient (Wildman–Crippen LogP) is 8.94. The number of amides is 2. The Kier molecular flexibility index (Phi) is 15.7. The van der Waals surface area contributed by atoms with Crippen LogP contribution in [0.25, 0.3) is 22.3 Å². The minimum atomic E-state index is -0.484. The summed E-state index contributed by atoms with van der Waals surface area (Å²) in [5, 5.41) is 39.1. The quantitative estimate of drug-likeness (QED) is 0.0748. The van der Waals surface area contributed by atoms with Gasteiger partial charge in [-0.1, -0.05) is 109 Å². The first-order valence-corrected chi connectivity index (χ1v) is 21.6. The fourth-order valence-corrected chi connectivity index (χ4v) is 7.29. The number of nitrogens with zero attached hydrogens (tertiary/aromatic N) is 6. The number of rotatable bonds is 16. The number of anilines is 2. The number of benzene rings is 6. The molecule has 0 radical (unpaired) electrons. The SMILES string of the molecule is Cn1cc(-c2ccc(NC(=O)[C@@H](NCCc3ccc(C#N)cc3)c3ccccc3)cc2)cn1.Cn1cc(-c2ccc(NC(=O)[C@H](NCCc3ccc(C#N)cc3)c3ccccc3)cc2)cn1. The molecule has 0 fully saturated rings. The Morgan fingerprint density at radius 2 is 0.864 bits per heavy atom. The lowest BCUT2D eigenvalue weighted by Gasteiger charge is -2.19. The molecule has 8 aromatic rings. The molecule has 2 aromatic heterocycles. The summed E-state index contributed by atoms with van der Waals surface area (Å²) in [5.41, 5.74) is 10.9. The molecule has 2 heterocycles. The Morgan fingerprint density at radius 1 is 0.500 bits per heavy atom. The highest BCUT2D eigenvalue weighted by Gasteiger charge is 2.21. The van der Waals surface area contributed by atoms with E-state index in [9.17, 15) is 9.59 Å². The van der Waals surface area contributed by atoms with Crippen LogP contribution < -0.4 is 21.3 Å². The van der Waals surface area contributed by atoms with Crippen LogP contribution in [-0.4, -0.2) is 44.5 Å². The van der Waals surface area contributed by atoms with Crippen LogP contribution >= 0.6 is 0 Å². The van der Waals surface area contributed by atoms with Crippen molar-refractivity contribution in [3.63, 3.8) is 0 Å². The van der Waals surface area contributed by atoms with Crippen LogP contribution in [0.2, 0.25) is 0 Å². The van der Waals surface area contributed by atoms with Gasteiger partial charge >= 0.3 is 0 Å². The Labute approximate surface area is 385 Å². The molecule has 0 unspecified atom stereocenters. The molecule has 328 valence electrons. The first kappa shape index (κ1) is 45.6. The maximum Gasteiger partial charge on any atom is 0.246 e. The topological polar surface area (TPSA) is 165 Å². The summed E-state index contributed by atoms with van der Waals surface area (Å²) >= 11 is 0. The van der Waals surface area contributed by atoms with E-state index in [0.29, 0.717) is 24.2 Å². The lowest BCUT2D eigenvalue weighted by molar-refractivity contribution is -0.119. The van der Waals surface area contributed by atoms with Gasteiger partial charge in [-0.05, 0) is 94.8 Å². The molecule has 12 heteroatoms. The predicted molar refractivity (Wildman–Crippen MR) is 259 cm³/mol. The number of carbonyl (C=O) groups is 2. The van der Waals surface area contributed by atoms with Crippen LogP contribution in [0.1, 0.15) is 45.5 Å². The van der Waals surface area contributed by atoms with Crippen molar-refractivity contribution in [1.82, 2.24) is 30.2 Å². The van der Waals surface area contributed by atoms with Crippen molar-refractivity contribution < 1.29 is 9.59 Å². The van der Waals surface area contributed by atoms with Gasteiger partial charge in [-0.15, -0.1) is 0 Å². The summed E-state index contributed by atoms with van der Waals surface area (Å²) in [6.07, 6.45) is 9.05. The van der Waals surface area contributed by atoms with Crippen molar-refractivity contribution in [2.24, 2.45) is 14.1 Å². The number of nitrogens with one attached hydrogen (secondary N) is 4. The second kappa shape index (κ2) is 22.8. The molecular weight excluding hydrogens is 821 g/mol. The first-order valence-electron chi connectivity index (χ1n) is 21.6. The molecule has 0 bridgehead atoms. The average Bonchev–Trinajstić information content (AvgIpc) is 4.01. The average molecular weight is 871 g/mol. The Bertz CT molecular complexity index is 2680. The highest BCUT2D eigenvalue weighted by atomic mass is 16.2. The number of aromatic nitrogens is 4. The molecule has 0 saturated carbocycles. The molecule has 12 nitrogen and oxygen atoms in total. The summed E-state index contributed by atoms with van der Waals surface area (Å²) in [4.78, 5) is 26.3. The zero-order chi connectivity index (χ0) is 46.1. The number of carbonyl (C=O) groups excluding carboxylic acids is 2. The summed E-state index contributed by atoms with van der Waals surface area (Å²) in [6, 6.07) is 53.2. The largest absolute Gasteiger partial charge is 0.324 e. The van der Waals surface area contributed by atoms with Gasteiger partial charge in [-0.2, -0.15) is 20.7 Å². The summed E-state index contributed by atoms with van der Waals surface area (Å²) in [7, 11) is 3.77. The van der Waals surface area contributed by atoms with Crippen LogP contribution in [0, 0.1) is 22.7 Å². The molecule has 0 aliphatic carbocycles. The molecule has 0 spiro atoms. The van der Waals surface area contributed by atoms with Crippen LogP contribution in [0.3, 0.4) is 0 Å². The van der Waals surface area contributed by atoms with Crippen LogP contribution in [0.15, 0.2) is 183 Å². The van der Waals surface area contributed by atoms with Gasteiger partial charge in [-0.25, -0.2) is 0 Å². The van der Waals surface area contributed by atoms with E-state index in [1.165, 1.54) is 0 Å². The number of nitriles is 2. The standard InChI is InChI=1S/2C27H25N5O/c2*1-32-19-24(18-30-32)22-11-13-25(14-12-22)31-27(33)26(23-5-3-2-4-6-23)29-16-15-20-7-9-21(17-28)10-8-20/h2*2-14,18-19,26,29H,15-16H2,1H3,(H,31,33)/t2*26-/m10/s1. The molecule has 2 atom stereocenters. The van der Waals surface area contributed by atoms with E-state index in [1.54, 1.807) is 9.36 Å². The number of aryl methyl sites for hydroxylation is 2. The van der Waals surface area contributed by atoms with Crippen molar-refractivity contribution in [3.8, 4) is 34.4 Å². The van der Waals surface area contributed by atoms with Crippen LogP contribution in [0.5, 0.6) is 0 Å². The van der Waals surface area contributed by atoms with Crippen molar-refractivity contribution in [3.05, 3.63) is 216 Å². The van der Waals surface area contributed by atoms with Gasteiger partial charge in [0.05, 0.1) is 35.7 Å². The number of hydrogen-bond acceptors (Lipinski definition) is 8. The van der Waals surface area contributed by atoms with Gasteiger partial charge in [0.1, 0.15) is 12.1 Å². The minimum absolute atomic E-state index is 0.116. The van der Waals surface area contributed by atoms with Gasteiger partial charge in [0, 0.05) is 62.1 Å². The van der Waals surface area contributed by atoms with E-state index in [4.69, 9.17) is 10.5 Å². The molecule has 66 heavy (non-hydrogen) atoms. The molecule has 4 N–H and O–H groups in total. The van der Waals surface area contributed by atoms with Crippen molar-refractivity contribution in [2.75, 3.05) is 23.7 Å². The maximum absolute atomic E-state index is 13.2. The van der Waals surface area contributed by atoms with E-state index in [1.807, 2.05) is 197 Å². The Morgan fingerprint density at radius 3 is 1.18 bits per heavy atom. The third-order valence-corrected chi connectivity index (χ3v) is 10.9. The smallest absolute Gasteiger partial charge is 0.246 e. The van der Waals surface area contributed by atoms with Crippen molar-refractivity contribution in [1.29, 1.82) is 10.5 Å². The van der Waals surface area contributed by atoms with Crippen molar-refractivity contribution >= 4 is 23.2 Å². The fraction of sp³-hybridized carbons (Fsp3) is 0.148. The highest BCUT2D eigenvalue weighted by molar-refractivity contribution is 5.96. The fourth-order valence-electron chi connectivity index (χ4n) is 7.29. The normalized spacial score (nSPS) is 11.5. The Hall–Kier alpha value is -8.42. The van der Waals surface area contributed by atoms with E-state index < -0.39 is 12.1 Å². The van der Waals surface area contributed by atoms with E-state index in [-0.39, 0.29) is 11.8 Å². The van der Waals surface area contributed by atoms with Gasteiger partial charge in [0.15, 0.2) is 0 Å². The van der Waals surface area contributed by atoms with Crippen LogP contribution in [0.4, 0.5) is 11.4 Å². The summed E-state index contributed by atoms with van der Waals surface area (Å²) in [6.45, 7) is 1.25. The second-order valence-electron chi connectivity index (χ2n) is 15.7. The molecule has 0 aliphatic rings. The van der Waals surface area contributed by atoms with Crippen molar-refractivity contribution in [2.45, 2.75) is 24.9 Å². The first-order chi connectivity index (χ1) is 32.2. The molecule has 8 rings (SSSR count). The molecular formula is C54H50N10O2. The lowest BCUT2D eigenvalue weighted by atomic mass is 10.0. The summed E-state index contributed by atoms with van der Waals surface area (Å²) < 4.78 is 3.53. The van der Waals surface area contributed by atoms with E-state index >= 15 is 0 Å². The van der Waals surface area contributed by atoms with Gasteiger partial charge in [-0.3, -0.25) is 19.0 Å². The summed E-state index contributed by atoms with van der Waals surface area (Å²) in [5.74, 6) is -0.231. The third kappa shape index (κ3) is 12.8. The van der Waals surface area contributed by atoms with Gasteiger partial charge in [0.25, 0.3) is 0 Å². The lowest BCUT2D eigenvalue weighted by Crippen LogP contribution is -2.34. The zero-order valence-corrected chi connectivity index (χ0v) is 36.8. The minimum Gasteiger partial charge on any atom is -0.324 e. The van der Waals surface area contributed by atoms with Gasteiger partial charge in [0.2, 0.25) is 11.8 Å².